The minimum atomic E-state index is -0.999. The molecule has 1 aliphatic carbocycles. The first-order valence-electron chi connectivity index (χ1n) is 12.2. The molecule has 6 nitrogen and oxygen atoms in total. The molecular formula is C30H28N2O4. The molecule has 3 aromatic carbocycles. The summed E-state index contributed by atoms with van der Waals surface area (Å²) in [5.74, 6) is 0.826. The number of benzene rings is 3. The highest BCUT2D eigenvalue weighted by molar-refractivity contribution is 5.68. The molecule has 2 unspecified atom stereocenters. The van der Waals surface area contributed by atoms with Crippen LogP contribution in [0.25, 0.3) is 0 Å². The summed E-state index contributed by atoms with van der Waals surface area (Å²) < 4.78 is 11.5. The summed E-state index contributed by atoms with van der Waals surface area (Å²) in [5.41, 5.74) is 4.34. The van der Waals surface area contributed by atoms with Crippen LogP contribution in [-0.2, 0) is 11.2 Å². The number of rotatable bonds is 8. The van der Waals surface area contributed by atoms with Gasteiger partial charge >= 0.3 is 5.97 Å². The third kappa shape index (κ3) is 4.93. The van der Waals surface area contributed by atoms with E-state index in [2.05, 4.69) is 41.6 Å². The topological polar surface area (TPSA) is 85.5 Å². The largest absolute Gasteiger partial charge is 0.482 e. The maximum atomic E-state index is 11.1. The maximum Gasteiger partial charge on any atom is 0.341 e. The van der Waals surface area contributed by atoms with Crippen molar-refractivity contribution in [1.82, 2.24) is 10.1 Å². The van der Waals surface area contributed by atoms with Gasteiger partial charge in [-0.05, 0) is 48.1 Å². The van der Waals surface area contributed by atoms with Crippen molar-refractivity contribution in [1.29, 1.82) is 0 Å². The number of ether oxygens (including phenoxy) is 1. The smallest absolute Gasteiger partial charge is 0.341 e. The molecule has 36 heavy (non-hydrogen) atoms. The molecule has 0 amide bonds. The molecule has 5 rings (SSSR count). The number of nitrogens with zero attached hydrogens (tertiary/aromatic N) is 2. The van der Waals surface area contributed by atoms with Crippen molar-refractivity contribution in [3.63, 3.8) is 0 Å². The molecule has 1 aliphatic rings. The highest BCUT2D eigenvalue weighted by Gasteiger charge is 2.33. The van der Waals surface area contributed by atoms with Gasteiger partial charge < -0.3 is 14.4 Å². The van der Waals surface area contributed by atoms with Gasteiger partial charge in [-0.25, -0.2) is 4.79 Å². The van der Waals surface area contributed by atoms with Crippen molar-refractivity contribution >= 4 is 5.97 Å². The molecule has 0 spiro atoms. The third-order valence-electron chi connectivity index (χ3n) is 6.67. The van der Waals surface area contributed by atoms with E-state index in [0.717, 1.165) is 28.7 Å². The molecule has 6 heteroatoms. The van der Waals surface area contributed by atoms with Gasteiger partial charge in [0.15, 0.2) is 12.4 Å². The van der Waals surface area contributed by atoms with Crippen LogP contribution in [0.3, 0.4) is 0 Å². The molecule has 0 saturated heterocycles. The Morgan fingerprint density at radius 1 is 1.06 bits per heavy atom. The van der Waals surface area contributed by atoms with Gasteiger partial charge in [0.1, 0.15) is 5.75 Å². The van der Waals surface area contributed by atoms with E-state index in [9.17, 15) is 4.79 Å². The van der Waals surface area contributed by atoms with E-state index in [1.54, 1.807) is 0 Å². The first-order chi connectivity index (χ1) is 17.6. The Hall–Kier alpha value is -4.19. The summed E-state index contributed by atoms with van der Waals surface area (Å²) in [4.78, 5) is 16.0. The van der Waals surface area contributed by atoms with Crippen LogP contribution in [0.2, 0.25) is 0 Å². The van der Waals surface area contributed by atoms with Crippen LogP contribution in [0.5, 0.6) is 5.75 Å². The Morgan fingerprint density at radius 2 is 1.75 bits per heavy atom. The number of carbonyl (C=O) groups is 1. The van der Waals surface area contributed by atoms with Crippen molar-refractivity contribution < 1.29 is 19.2 Å². The fraction of sp³-hybridized carbons (Fsp3) is 0.233. The maximum absolute atomic E-state index is 11.1. The Morgan fingerprint density at radius 3 is 2.39 bits per heavy atom. The van der Waals surface area contributed by atoms with Gasteiger partial charge in [0.2, 0.25) is 5.89 Å². The minimum Gasteiger partial charge on any atom is -0.482 e. The number of carboxylic acid groups (broad SMARTS) is 1. The van der Waals surface area contributed by atoms with Gasteiger partial charge in [-0.15, -0.1) is 0 Å². The van der Waals surface area contributed by atoms with Crippen LogP contribution in [0, 0.1) is 0 Å². The predicted molar refractivity (Wildman–Crippen MR) is 136 cm³/mol. The van der Waals surface area contributed by atoms with Crippen LogP contribution >= 0.6 is 0 Å². The lowest BCUT2D eigenvalue weighted by atomic mass is 9.76. The van der Waals surface area contributed by atoms with Crippen molar-refractivity contribution in [2.75, 3.05) is 6.61 Å². The number of allylic oxidation sites excluding steroid dienone is 2. The standard InChI is InChI=1S/C30H28N2O4/c1-2-10-22-17-23(18-25-24(22)15-9-16-26(25)35-19-27(33)34)29-31-30(36-32-29)28(20-11-5-3-6-12-20)21-13-7-4-8-14-21/h2-16,22-23,28H,17-19H2,1H3,(H,33,34). The lowest BCUT2D eigenvalue weighted by Gasteiger charge is -2.29. The van der Waals surface area contributed by atoms with E-state index in [-0.39, 0.29) is 24.4 Å². The first-order valence-corrected chi connectivity index (χ1v) is 12.2. The molecule has 4 aromatic rings. The molecule has 0 fully saturated rings. The summed E-state index contributed by atoms with van der Waals surface area (Å²) in [6.07, 6.45) is 5.70. The third-order valence-corrected chi connectivity index (χ3v) is 6.67. The number of carboxylic acids is 1. The summed E-state index contributed by atoms with van der Waals surface area (Å²) >= 11 is 0. The van der Waals surface area contributed by atoms with Gasteiger partial charge in [-0.3, -0.25) is 0 Å². The van der Waals surface area contributed by atoms with Crippen LogP contribution < -0.4 is 4.74 Å². The Bertz CT molecular complexity index is 1310. The Kier molecular flexibility index (Phi) is 6.94. The van der Waals surface area contributed by atoms with E-state index >= 15 is 0 Å². The van der Waals surface area contributed by atoms with Gasteiger partial charge in [0.25, 0.3) is 0 Å². The van der Waals surface area contributed by atoms with E-state index in [4.69, 9.17) is 19.4 Å². The van der Waals surface area contributed by atoms with Crippen molar-refractivity contribution in [2.24, 2.45) is 0 Å². The van der Waals surface area contributed by atoms with Crippen LogP contribution in [-0.4, -0.2) is 27.8 Å². The average Bonchev–Trinajstić information content (AvgIpc) is 3.39. The van der Waals surface area contributed by atoms with Gasteiger partial charge in [-0.2, -0.15) is 4.98 Å². The molecule has 2 atom stereocenters. The summed E-state index contributed by atoms with van der Waals surface area (Å²) in [7, 11) is 0. The summed E-state index contributed by atoms with van der Waals surface area (Å²) in [6.45, 7) is 1.63. The van der Waals surface area contributed by atoms with E-state index in [0.29, 0.717) is 23.9 Å². The Labute approximate surface area is 210 Å². The SMILES string of the molecule is CC=CC1CC(c2noc(C(c3ccccc3)c3ccccc3)n2)Cc2c(OCC(=O)O)cccc21. The van der Waals surface area contributed by atoms with Crippen molar-refractivity contribution in [3.05, 3.63) is 125 Å². The lowest BCUT2D eigenvalue weighted by molar-refractivity contribution is -0.139. The van der Waals surface area contributed by atoms with E-state index in [1.165, 1.54) is 0 Å². The zero-order valence-electron chi connectivity index (χ0n) is 20.1. The zero-order valence-corrected chi connectivity index (χ0v) is 20.1. The molecule has 0 bridgehead atoms. The molecule has 1 N–H and O–H groups in total. The first kappa shape index (κ1) is 23.5. The molecule has 1 heterocycles. The fourth-order valence-electron chi connectivity index (χ4n) is 5.10. The fourth-order valence-corrected chi connectivity index (χ4v) is 5.10. The molecule has 182 valence electrons. The number of aromatic nitrogens is 2. The Balaban J connectivity index is 1.50. The van der Waals surface area contributed by atoms with Crippen molar-refractivity contribution in [3.8, 4) is 5.75 Å². The zero-order chi connectivity index (χ0) is 24.9. The normalized spacial score (nSPS) is 17.3. The second kappa shape index (κ2) is 10.6. The minimum absolute atomic E-state index is 0.0120. The van der Waals surface area contributed by atoms with Gasteiger partial charge in [-0.1, -0.05) is 90.1 Å². The quantitative estimate of drug-likeness (QED) is 0.307. The summed E-state index contributed by atoms with van der Waals surface area (Å²) in [6, 6.07) is 26.2. The van der Waals surface area contributed by atoms with Crippen molar-refractivity contribution in [2.45, 2.75) is 37.5 Å². The molecule has 0 aliphatic heterocycles. The molecular weight excluding hydrogens is 452 g/mol. The highest BCUT2D eigenvalue weighted by atomic mass is 16.5. The highest BCUT2D eigenvalue weighted by Crippen LogP contribution is 2.44. The number of aliphatic carboxylic acids is 1. The van der Waals surface area contributed by atoms with Crippen LogP contribution in [0.4, 0.5) is 0 Å². The second-order valence-corrected chi connectivity index (χ2v) is 9.02. The molecule has 1 aromatic heterocycles. The predicted octanol–water partition coefficient (Wildman–Crippen LogP) is 6.10. The lowest BCUT2D eigenvalue weighted by Crippen LogP contribution is -2.20. The number of fused-ring (bicyclic) bond motifs is 1. The average molecular weight is 481 g/mol. The van der Waals surface area contributed by atoms with Gasteiger partial charge in [0, 0.05) is 11.8 Å². The molecule has 0 radical (unpaired) electrons. The molecule has 0 saturated carbocycles. The summed E-state index contributed by atoms with van der Waals surface area (Å²) in [5, 5.41) is 13.6. The second-order valence-electron chi connectivity index (χ2n) is 9.02. The van der Waals surface area contributed by atoms with Crippen LogP contribution in [0.1, 0.15) is 65.1 Å². The van der Waals surface area contributed by atoms with E-state index < -0.39 is 5.97 Å². The van der Waals surface area contributed by atoms with E-state index in [1.807, 2.05) is 61.5 Å². The van der Waals surface area contributed by atoms with Gasteiger partial charge in [0.05, 0.1) is 5.92 Å². The number of hydrogen-bond donors (Lipinski definition) is 1. The van der Waals surface area contributed by atoms with Crippen LogP contribution in [0.15, 0.2) is 95.5 Å². The number of hydrogen-bond acceptors (Lipinski definition) is 5. The monoisotopic (exact) mass is 480 g/mol.